The van der Waals surface area contributed by atoms with E-state index in [0.717, 1.165) is 44.3 Å². The van der Waals surface area contributed by atoms with Crippen LogP contribution in [0.3, 0.4) is 0 Å². The maximum absolute atomic E-state index is 13.8. The van der Waals surface area contributed by atoms with Crippen molar-refractivity contribution >= 4 is 33.7 Å². The lowest BCUT2D eigenvalue weighted by Gasteiger charge is -2.37. The number of hydrogen-bond acceptors (Lipinski definition) is 8. The Morgan fingerprint density at radius 2 is 1.70 bits per heavy atom. The number of halogens is 1. The van der Waals surface area contributed by atoms with Crippen LogP contribution in [0.5, 0.6) is 0 Å². The zero-order chi connectivity index (χ0) is 30.6. The number of carboxylic acid groups (broad SMARTS) is 1. The highest BCUT2D eigenvalue weighted by molar-refractivity contribution is 6.06. The van der Waals surface area contributed by atoms with Crippen molar-refractivity contribution in [3.05, 3.63) is 83.9 Å². The number of nitrogens with zero attached hydrogens (tertiary/aromatic N) is 2. The number of nitrogens with one attached hydrogen (secondary N) is 1. The number of aliphatic hydroxyl groups excluding tert-OH is 3. The first-order chi connectivity index (χ1) is 20.5. The average molecular weight is 590 g/mol. The first-order valence-corrected chi connectivity index (χ1v) is 13.6. The van der Waals surface area contributed by atoms with E-state index in [0.29, 0.717) is 0 Å². The molecule has 3 heterocycles. The highest BCUT2D eigenvalue weighted by Crippen LogP contribution is 2.42. The van der Waals surface area contributed by atoms with E-state index in [9.17, 15) is 34.4 Å². The van der Waals surface area contributed by atoms with Gasteiger partial charge in [0.15, 0.2) is 6.10 Å². The van der Waals surface area contributed by atoms with Gasteiger partial charge in [0.05, 0.1) is 22.8 Å². The summed E-state index contributed by atoms with van der Waals surface area (Å²) < 4.78 is 26.2. The summed E-state index contributed by atoms with van der Waals surface area (Å²) in [6.07, 6.45) is -7.64. The lowest BCUT2D eigenvalue weighted by Crippen LogP contribution is -2.60. The van der Waals surface area contributed by atoms with E-state index in [4.69, 9.17) is 9.47 Å². The van der Waals surface area contributed by atoms with Crippen LogP contribution in [0.15, 0.2) is 66.9 Å². The smallest absolute Gasteiger partial charge is 0.340 e. The van der Waals surface area contributed by atoms with E-state index >= 15 is 0 Å². The van der Waals surface area contributed by atoms with Crippen molar-refractivity contribution in [3.63, 3.8) is 0 Å². The number of fused-ring (bicyclic) bond motifs is 2. The van der Waals surface area contributed by atoms with Crippen molar-refractivity contribution in [3.8, 4) is 16.8 Å². The summed E-state index contributed by atoms with van der Waals surface area (Å²) in [7, 11) is 0. The van der Waals surface area contributed by atoms with Gasteiger partial charge in [0.25, 0.3) is 0 Å². The molecule has 0 amide bonds. The van der Waals surface area contributed by atoms with Crippen LogP contribution in [0, 0.1) is 5.82 Å². The summed E-state index contributed by atoms with van der Waals surface area (Å²) in [4.78, 5) is 24.3. The quantitative estimate of drug-likeness (QED) is 0.186. The van der Waals surface area contributed by atoms with Crippen LogP contribution in [0.1, 0.15) is 35.8 Å². The Hall–Kier alpha value is -4.62. The largest absolute Gasteiger partial charge is 0.479 e. The minimum atomic E-state index is -1.91. The number of H-pyrrole nitrogens is 1. The highest BCUT2D eigenvalue weighted by Gasteiger charge is 2.48. The minimum Gasteiger partial charge on any atom is -0.479 e. The second kappa shape index (κ2) is 10.9. The molecule has 2 aromatic heterocycles. The Labute approximate surface area is 243 Å². The third-order valence-corrected chi connectivity index (χ3v) is 7.64. The molecule has 5 N–H and O–H groups in total. The van der Waals surface area contributed by atoms with Crippen molar-refractivity contribution in [1.82, 2.24) is 14.8 Å². The average Bonchev–Trinajstić information content (AvgIpc) is 3.58. The number of carbonyl (C=O) groups excluding carboxylic acids is 1. The van der Waals surface area contributed by atoms with Crippen LogP contribution in [-0.4, -0.2) is 77.8 Å². The number of aliphatic hydroxyl groups is 3. The molecular formula is C31H28FN3O8. The lowest BCUT2D eigenvalue weighted by atomic mass is 9.95. The van der Waals surface area contributed by atoms with Gasteiger partial charge in [0, 0.05) is 27.7 Å². The van der Waals surface area contributed by atoms with Crippen LogP contribution < -0.4 is 0 Å². The molecular weight excluding hydrogens is 561 g/mol. The SMILES string of the molecule is CC(C)c1c(-c2ccc(C(=O)OC3O[C@H](C(=O)O)[C@@H](O)[C@H](O)[C@H]3O)cc2)c2cc3[nH]ncc3cc2n1-c1ccc(F)cc1. The molecule has 1 fully saturated rings. The molecule has 0 saturated carbocycles. The molecule has 1 saturated heterocycles. The fraction of sp³-hybridized carbons (Fsp3) is 0.258. The number of aromatic nitrogens is 3. The van der Waals surface area contributed by atoms with Crippen molar-refractivity contribution in [1.29, 1.82) is 0 Å². The zero-order valence-corrected chi connectivity index (χ0v) is 23.0. The summed E-state index contributed by atoms with van der Waals surface area (Å²) in [6.45, 7) is 4.12. The maximum atomic E-state index is 13.8. The number of hydrogen-bond donors (Lipinski definition) is 5. The number of carboxylic acids is 1. The monoisotopic (exact) mass is 589 g/mol. The number of carbonyl (C=O) groups is 2. The van der Waals surface area contributed by atoms with E-state index in [-0.39, 0.29) is 17.3 Å². The Kier molecular flexibility index (Phi) is 7.22. The van der Waals surface area contributed by atoms with Crippen LogP contribution in [0.2, 0.25) is 0 Å². The van der Waals surface area contributed by atoms with Crippen molar-refractivity contribution in [2.75, 3.05) is 0 Å². The van der Waals surface area contributed by atoms with Gasteiger partial charge in [-0.25, -0.2) is 14.0 Å². The molecule has 1 aliphatic heterocycles. The zero-order valence-electron chi connectivity index (χ0n) is 23.0. The first kappa shape index (κ1) is 28.5. The summed E-state index contributed by atoms with van der Waals surface area (Å²) in [5.74, 6) is -2.83. The number of ether oxygens (including phenoxy) is 2. The number of aromatic amines is 1. The number of aliphatic carboxylic acids is 1. The summed E-state index contributed by atoms with van der Waals surface area (Å²) in [6, 6.07) is 16.8. The molecule has 12 heteroatoms. The van der Waals surface area contributed by atoms with E-state index in [1.54, 1.807) is 30.5 Å². The van der Waals surface area contributed by atoms with Gasteiger partial charge in [0.1, 0.15) is 24.1 Å². The molecule has 5 atom stereocenters. The van der Waals surface area contributed by atoms with E-state index in [2.05, 4.69) is 28.6 Å². The second-order valence-electron chi connectivity index (χ2n) is 10.8. The van der Waals surface area contributed by atoms with E-state index in [1.807, 2.05) is 12.1 Å². The standard InChI is InChI=1S/C31H28FN3O8/c1-14(2)24-23(20-12-21-17(13-33-34-21)11-22(20)35(24)19-9-7-18(32)8-10-19)15-3-5-16(6-4-15)30(41)43-31-27(38)25(36)26(37)28(42-31)29(39)40/h3-14,25-28,31,36-38H,1-2H3,(H,33,34)(H,39,40)/t25-,26-,27+,28-,31?/m0/s1. The molecule has 0 spiro atoms. The van der Waals surface area contributed by atoms with Crippen molar-refractivity contribution in [2.45, 2.75) is 50.5 Å². The molecule has 0 bridgehead atoms. The third kappa shape index (κ3) is 4.93. The maximum Gasteiger partial charge on any atom is 0.340 e. The van der Waals surface area contributed by atoms with Gasteiger partial charge < -0.3 is 34.5 Å². The highest BCUT2D eigenvalue weighted by atomic mass is 19.1. The fourth-order valence-corrected chi connectivity index (χ4v) is 5.56. The molecule has 1 aliphatic rings. The normalized spacial score (nSPS) is 22.3. The Bertz CT molecular complexity index is 1830. The summed E-state index contributed by atoms with van der Waals surface area (Å²) in [5.41, 5.74) is 5.22. The number of esters is 1. The van der Waals surface area contributed by atoms with Gasteiger partial charge in [-0.2, -0.15) is 5.10 Å². The van der Waals surface area contributed by atoms with E-state index < -0.39 is 42.6 Å². The molecule has 222 valence electrons. The Morgan fingerprint density at radius 1 is 1.00 bits per heavy atom. The van der Waals surface area contributed by atoms with Gasteiger partial charge in [-0.05, 0) is 60.0 Å². The molecule has 0 radical (unpaired) electrons. The topological polar surface area (TPSA) is 167 Å². The van der Waals surface area contributed by atoms with Gasteiger partial charge in [-0.15, -0.1) is 0 Å². The Morgan fingerprint density at radius 3 is 2.35 bits per heavy atom. The first-order valence-electron chi connectivity index (χ1n) is 13.6. The van der Waals surface area contributed by atoms with Gasteiger partial charge in [-0.3, -0.25) is 5.10 Å². The molecule has 5 aromatic rings. The lowest BCUT2D eigenvalue weighted by molar-refractivity contribution is -0.278. The molecule has 3 aromatic carbocycles. The van der Waals surface area contributed by atoms with Crippen molar-refractivity contribution in [2.24, 2.45) is 0 Å². The predicted octanol–water partition coefficient (Wildman–Crippen LogP) is 3.49. The second-order valence-corrected chi connectivity index (χ2v) is 10.8. The van der Waals surface area contributed by atoms with Crippen LogP contribution in [0.25, 0.3) is 38.6 Å². The number of rotatable bonds is 6. The molecule has 6 rings (SSSR count). The van der Waals surface area contributed by atoms with E-state index in [1.165, 1.54) is 24.3 Å². The molecule has 1 unspecified atom stereocenters. The Balaban J connectivity index is 1.39. The molecule has 43 heavy (non-hydrogen) atoms. The van der Waals surface area contributed by atoms with Gasteiger partial charge >= 0.3 is 11.9 Å². The summed E-state index contributed by atoms with van der Waals surface area (Å²) in [5, 5.41) is 48.3. The van der Waals surface area contributed by atoms with Crippen LogP contribution in [-0.2, 0) is 14.3 Å². The van der Waals surface area contributed by atoms with Gasteiger partial charge in [0.2, 0.25) is 6.29 Å². The van der Waals surface area contributed by atoms with Crippen LogP contribution >= 0.6 is 0 Å². The van der Waals surface area contributed by atoms with Crippen molar-refractivity contribution < 1.29 is 43.9 Å². The van der Waals surface area contributed by atoms with Gasteiger partial charge in [-0.1, -0.05) is 26.0 Å². The summed E-state index contributed by atoms with van der Waals surface area (Å²) >= 11 is 0. The molecule has 11 nitrogen and oxygen atoms in total. The molecule has 0 aliphatic carbocycles. The van der Waals surface area contributed by atoms with Crippen LogP contribution in [0.4, 0.5) is 4.39 Å². The number of benzene rings is 3. The third-order valence-electron chi connectivity index (χ3n) is 7.64. The fourth-order valence-electron chi connectivity index (χ4n) is 5.56. The predicted molar refractivity (Wildman–Crippen MR) is 152 cm³/mol. The minimum absolute atomic E-state index is 0.0301.